The lowest BCUT2D eigenvalue weighted by Crippen LogP contribution is -2.04. The van der Waals surface area contributed by atoms with Gasteiger partial charge in [-0.1, -0.05) is 0 Å². The molecule has 1 heterocycles. The predicted molar refractivity (Wildman–Crippen MR) is 66.8 cm³/mol. The zero-order chi connectivity index (χ0) is 13.1. The Morgan fingerprint density at radius 1 is 1.33 bits per heavy atom. The second kappa shape index (κ2) is 5.04. The van der Waals surface area contributed by atoms with Gasteiger partial charge in [0.25, 0.3) is 0 Å². The quantitative estimate of drug-likeness (QED) is 0.902. The van der Waals surface area contributed by atoms with Crippen molar-refractivity contribution in [2.24, 2.45) is 0 Å². The molecule has 1 aromatic heterocycles. The van der Waals surface area contributed by atoms with E-state index in [2.05, 4.69) is 0 Å². The van der Waals surface area contributed by atoms with Gasteiger partial charge >= 0.3 is 5.97 Å². The van der Waals surface area contributed by atoms with Crippen molar-refractivity contribution < 1.29 is 14.3 Å². The number of hydrogen-bond acceptors (Lipinski definition) is 1. The molecular formula is C14H14FNO2. The van der Waals surface area contributed by atoms with E-state index in [9.17, 15) is 9.18 Å². The van der Waals surface area contributed by atoms with Gasteiger partial charge in [0.2, 0.25) is 0 Å². The van der Waals surface area contributed by atoms with Crippen LogP contribution in [0.4, 0.5) is 4.39 Å². The fourth-order valence-corrected chi connectivity index (χ4v) is 1.92. The van der Waals surface area contributed by atoms with Crippen LogP contribution in [0.25, 0.3) is 11.3 Å². The molecule has 0 amide bonds. The molecular weight excluding hydrogens is 233 g/mol. The van der Waals surface area contributed by atoms with E-state index in [1.807, 2.05) is 23.8 Å². The number of carboxylic acid groups (broad SMARTS) is 1. The highest BCUT2D eigenvalue weighted by Crippen LogP contribution is 2.22. The van der Waals surface area contributed by atoms with Gasteiger partial charge in [0.1, 0.15) is 5.82 Å². The van der Waals surface area contributed by atoms with Crippen LogP contribution in [0.2, 0.25) is 0 Å². The summed E-state index contributed by atoms with van der Waals surface area (Å²) in [6.07, 6.45) is 1.98. The Morgan fingerprint density at radius 2 is 2.00 bits per heavy atom. The number of aryl methyl sites for hydroxylation is 2. The molecule has 94 valence electrons. The largest absolute Gasteiger partial charge is 0.481 e. The standard InChI is InChI=1S/C14H14FNO2/c1-10-8-13(11-2-4-12(15)5-3-11)16(9-10)7-6-14(17)18/h2-5,8-9H,6-7H2,1H3,(H,17,18). The highest BCUT2D eigenvalue weighted by molar-refractivity contribution is 5.67. The fourth-order valence-electron chi connectivity index (χ4n) is 1.92. The van der Waals surface area contributed by atoms with Crippen LogP contribution in [-0.2, 0) is 11.3 Å². The molecule has 0 aliphatic heterocycles. The Balaban J connectivity index is 2.31. The number of carbonyl (C=O) groups is 1. The predicted octanol–water partition coefficient (Wildman–Crippen LogP) is 3.08. The van der Waals surface area contributed by atoms with Crippen LogP contribution >= 0.6 is 0 Å². The molecule has 1 aromatic carbocycles. The number of halogens is 1. The topological polar surface area (TPSA) is 42.2 Å². The first-order valence-electron chi connectivity index (χ1n) is 5.71. The molecule has 3 nitrogen and oxygen atoms in total. The SMILES string of the molecule is Cc1cc(-c2ccc(F)cc2)n(CCC(=O)O)c1. The minimum absolute atomic E-state index is 0.0717. The van der Waals surface area contributed by atoms with Crippen LogP contribution in [-0.4, -0.2) is 15.6 Å². The van der Waals surface area contributed by atoms with E-state index < -0.39 is 5.97 Å². The van der Waals surface area contributed by atoms with Crippen molar-refractivity contribution in [1.82, 2.24) is 4.57 Å². The van der Waals surface area contributed by atoms with E-state index in [1.54, 1.807) is 12.1 Å². The Hall–Kier alpha value is -2.10. The van der Waals surface area contributed by atoms with E-state index in [4.69, 9.17) is 5.11 Å². The summed E-state index contributed by atoms with van der Waals surface area (Å²) in [5.74, 6) is -1.11. The molecule has 0 spiro atoms. The maximum Gasteiger partial charge on any atom is 0.305 e. The van der Waals surface area contributed by atoms with Crippen LogP contribution in [0.3, 0.4) is 0 Å². The first-order valence-corrected chi connectivity index (χ1v) is 5.71. The molecule has 0 radical (unpaired) electrons. The molecule has 0 aliphatic carbocycles. The molecule has 18 heavy (non-hydrogen) atoms. The second-order valence-corrected chi connectivity index (χ2v) is 4.25. The number of hydrogen-bond donors (Lipinski definition) is 1. The summed E-state index contributed by atoms with van der Waals surface area (Å²) in [5, 5.41) is 8.72. The second-order valence-electron chi connectivity index (χ2n) is 4.25. The maximum absolute atomic E-state index is 12.9. The highest BCUT2D eigenvalue weighted by atomic mass is 19.1. The molecule has 1 N–H and O–H groups in total. The van der Waals surface area contributed by atoms with Crippen molar-refractivity contribution in [3.63, 3.8) is 0 Å². The van der Waals surface area contributed by atoms with Gasteiger partial charge in [-0.25, -0.2) is 4.39 Å². The lowest BCUT2D eigenvalue weighted by atomic mass is 10.1. The third-order valence-corrected chi connectivity index (χ3v) is 2.74. The van der Waals surface area contributed by atoms with Crippen LogP contribution in [0, 0.1) is 12.7 Å². The van der Waals surface area contributed by atoms with Gasteiger partial charge in [-0.15, -0.1) is 0 Å². The molecule has 0 saturated carbocycles. The van der Waals surface area contributed by atoms with Crippen molar-refractivity contribution in [2.75, 3.05) is 0 Å². The third-order valence-electron chi connectivity index (χ3n) is 2.74. The average Bonchev–Trinajstić information content (AvgIpc) is 2.69. The Labute approximate surface area is 104 Å². The summed E-state index contributed by atoms with van der Waals surface area (Å²) in [7, 11) is 0. The van der Waals surface area contributed by atoms with Crippen LogP contribution in [0.5, 0.6) is 0 Å². The van der Waals surface area contributed by atoms with E-state index in [-0.39, 0.29) is 12.2 Å². The zero-order valence-electron chi connectivity index (χ0n) is 10.1. The summed E-state index contributed by atoms with van der Waals surface area (Å²) in [6.45, 7) is 2.36. The zero-order valence-corrected chi connectivity index (χ0v) is 10.1. The monoisotopic (exact) mass is 247 g/mol. The summed E-state index contributed by atoms with van der Waals surface area (Å²) in [5.41, 5.74) is 2.85. The van der Waals surface area contributed by atoms with Gasteiger partial charge in [0.15, 0.2) is 0 Å². The van der Waals surface area contributed by atoms with Gasteiger partial charge in [0, 0.05) is 18.4 Å². The Bertz CT molecular complexity index is 558. The number of benzene rings is 1. The maximum atomic E-state index is 12.9. The number of rotatable bonds is 4. The molecule has 0 fully saturated rings. The summed E-state index contributed by atoms with van der Waals surface area (Å²) in [6, 6.07) is 8.16. The first kappa shape index (κ1) is 12.4. The molecule has 0 unspecified atom stereocenters. The van der Waals surface area contributed by atoms with E-state index in [0.717, 1.165) is 16.8 Å². The fraction of sp³-hybridized carbons (Fsp3) is 0.214. The van der Waals surface area contributed by atoms with Crippen molar-refractivity contribution >= 4 is 5.97 Å². The number of aromatic nitrogens is 1. The molecule has 2 aromatic rings. The minimum atomic E-state index is -0.827. The minimum Gasteiger partial charge on any atom is -0.481 e. The van der Waals surface area contributed by atoms with Crippen LogP contribution in [0.1, 0.15) is 12.0 Å². The van der Waals surface area contributed by atoms with Crippen molar-refractivity contribution in [1.29, 1.82) is 0 Å². The average molecular weight is 247 g/mol. The van der Waals surface area contributed by atoms with Crippen LogP contribution < -0.4 is 0 Å². The van der Waals surface area contributed by atoms with Gasteiger partial charge < -0.3 is 9.67 Å². The summed E-state index contributed by atoms with van der Waals surface area (Å²) >= 11 is 0. The molecule has 0 saturated heterocycles. The molecule has 0 bridgehead atoms. The Kier molecular flexibility index (Phi) is 3.46. The van der Waals surface area contributed by atoms with E-state index in [1.165, 1.54) is 12.1 Å². The van der Waals surface area contributed by atoms with Gasteiger partial charge in [0.05, 0.1) is 6.42 Å². The van der Waals surface area contributed by atoms with Crippen molar-refractivity contribution in [3.05, 3.63) is 47.9 Å². The third kappa shape index (κ3) is 2.77. The normalized spacial score (nSPS) is 10.6. The number of carboxylic acids is 1. The molecule has 2 rings (SSSR count). The molecule has 4 heteroatoms. The van der Waals surface area contributed by atoms with Crippen LogP contribution in [0.15, 0.2) is 36.5 Å². The first-order chi connectivity index (χ1) is 8.56. The Morgan fingerprint density at radius 3 is 2.61 bits per heavy atom. The van der Waals surface area contributed by atoms with Gasteiger partial charge in [-0.05, 0) is 48.4 Å². The highest BCUT2D eigenvalue weighted by Gasteiger charge is 2.07. The van der Waals surface area contributed by atoms with E-state index >= 15 is 0 Å². The smallest absolute Gasteiger partial charge is 0.305 e. The summed E-state index contributed by atoms with van der Waals surface area (Å²) in [4.78, 5) is 10.6. The summed E-state index contributed by atoms with van der Waals surface area (Å²) < 4.78 is 14.8. The van der Waals surface area contributed by atoms with Gasteiger partial charge in [-0.2, -0.15) is 0 Å². The molecule has 0 atom stereocenters. The van der Waals surface area contributed by atoms with Crippen molar-refractivity contribution in [3.8, 4) is 11.3 Å². The van der Waals surface area contributed by atoms with E-state index in [0.29, 0.717) is 6.54 Å². The number of nitrogens with zero attached hydrogens (tertiary/aromatic N) is 1. The molecule has 0 aliphatic rings. The van der Waals surface area contributed by atoms with Gasteiger partial charge in [-0.3, -0.25) is 4.79 Å². The number of aliphatic carboxylic acids is 1. The van der Waals surface area contributed by atoms with Crippen molar-refractivity contribution in [2.45, 2.75) is 19.9 Å². The lowest BCUT2D eigenvalue weighted by molar-refractivity contribution is -0.137. The lowest BCUT2D eigenvalue weighted by Gasteiger charge is -2.07.